The average Bonchev–Trinajstić information content (AvgIpc) is 2.78. The van der Waals surface area contributed by atoms with Gasteiger partial charge in [0.15, 0.2) is 0 Å². The number of carboxylic acids is 1. The van der Waals surface area contributed by atoms with E-state index in [0.717, 1.165) is 19.3 Å². The van der Waals surface area contributed by atoms with E-state index in [-0.39, 0.29) is 5.41 Å². The monoisotopic (exact) mass is 426 g/mol. The van der Waals surface area contributed by atoms with Crippen molar-refractivity contribution >= 4 is 5.97 Å². The van der Waals surface area contributed by atoms with Crippen molar-refractivity contribution < 1.29 is 9.90 Å². The summed E-state index contributed by atoms with van der Waals surface area (Å²) in [5.41, 5.74) is 1.63. The zero-order valence-corrected chi connectivity index (χ0v) is 20.0. The summed E-state index contributed by atoms with van der Waals surface area (Å²) in [5, 5.41) is 9.54. The highest BCUT2D eigenvalue weighted by molar-refractivity contribution is 5.67. The average molecular weight is 427 g/mol. The standard InChI is InChI=1S/C29H46O2/c1-2-3-4-5-6-7-8-9-10-11-14-19-26(24-28(30)31)25-29(22-17-13-18-23-29)27-20-15-12-16-21-27/h7-8,12,15-16,20-21,26H,2-6,9-11,13-14,17-19,22-25H2,1H3,(H,30,31)/t26-/m1/s1. The highest BCUT2D eigenvalue weighted by Crippen LogP contribution is 2.45. The Morgan fingerprint density at radius 2 is 1.58 bits per heavy atom. The van der Waals surface area contributed by atoms with Crippen LogP contribution in [-0.2, 0) is 10.2 Å². The minimum atomic E-state index is -0.630. The van der Waals surface area contributed by atoms with Crippen molar-refractivity contribution in [3.8, 4) is 0 Å². The quantitative estimate of drug-likeness (QED) is 0.212. The number of carbonyl (C=O) groups is 1. The van der Waals surface area contributed by atoms with Crippen LogP contribution in [0.2, 0.25) is 0 Å². The SMILES string of the molecule is CCCCCCC=CCCCCC[C@H](CC(=O)O)CC1(c2ccccc2)CCCCC1. The third-order valence-corrected chi connectivity index (χ3v) is 7.21. The molecule has 0 saturated heterocycles. The van der Waals surface area contributed by atoms with Crippen molar-refractivity contribution in [2.75, 3.05) is 0 Å². The van der Waals surface area contributed by atoms with Crippen LogP contribution in [0.5, 0.6) is 0 Å². The van der Waals surface area contributed by atoms with E-state index in [4.69, 9.17) is 0 Å². The fourth-order valence-corrected chi connectivity index (χ4v) is 5.50. The lowest BCUT2D eigenvalue weighted by Crippen LogP contribution is -2.32. The second kappa shape index (κ2) is 15.3. The van der Waals surface area contributed by atoms with Crippen LogP contribution in [0.1, 0.15) is 122 Å². The van der Waals surface area contributed by atoms with Crippen LogP contribution < -0.4 is 0 Å². The molecule has 1 atom stereocenters. The minimum absolute atomic E-state index is 0.195. The number of hydrogen-bond acceptors (Lipinski definition) is 1. The highest BCUT2D eigenvalue weighted by atomic mass is 16.4. The summed E-state index contributed by atoms with van der Waals surface area (Å²) in [7, 11) is 0. The number of rotatable bonds is 16. The molecule has 174 valence electrons. The van der Waals surface area contributed by atoms with Gasteiger partial charge in [-0.25, -0.2) is 0 Å². The molecular formula is C29H46O2. The van der Waals surface area contributed by atoms with E-state index >= 15 is 0 Å². The van der Waals surface area contributed by atoms with E-state index < -0.39 is 5.97 Å². The highest BCUT2D eigenvalue weighted by Gasteiger charge is 2.36. The molecule has 2 rings (SSSR count). The van der Waals surface area contributed by atoms with Crippen LogP contribution in [0, 0.1) is 5.92 Å². The van der Waals surface area contributed by atoms with Crippen LogP contribution in [-0.4, -0.2) is 11.1 Å². The number of aliphatic carboxylic acids is 1. The van der Waals surface area contributed by atoms with Crippen LogP contribution in [0.15, 0.2) is 42.5 Å². The van der Waals surface area contributed by atoms with Crippen molar-refractivity contribution in [2.24, 2.45) is 5.92 Å². The summed E-state index contributed by atoms with van der Waals surface area (Å²) in [5.74, 6) is -0.333. The van der Waals surface area contributed by atoms with Crippen LogP contribution in [0.3, 0.4) is 0 Å². The van der Waals surface area contributed by atoms with Crippen molar-refractivity contribution in [3.05, 3.63) is 48.0 Å². The van der Waals surface area contributed by atoms with E-state index in [0.29, 0.717) is 12.3 Å². The van der Waals surface area contributed by atoms with Gasteiger partial charge in [0.2, 0.25) is 0 Å². The second-order valence-electron chi connectivity index (χ2n) is 9.83. The van der Waals surface area contributed by atoms with Gasteiger partial charge >= 0.3 is 5.97 Å². The van der Waals surface area contributed by atoms with Gasteiger partial charge in [0.05, 0.1) is 0 Å². The number of hydrogen-bond donors (Lipinski definition) is 1. The molecule has 2 heteroatoms. The van der Waals surface area contributed by atoms with Crippen LogP contribution >= 0.6 is 0 Å². The van der Waals surface area contributed by atoms with Crippen molar-refractivity contribution in [3.63, 3.8) is 0 Å². The lowest BCUT2D eigenvalue weighted by Gasteiger charge is -2.40. The minimum Gasteiger partial charge on any atom is -0.481 e. The molecule has 0 spiro atoms. The third-order valence-electron chi connectivity index (χ3n) is 7.21. The number of allylic oxidation sites excluding steroid dienone is 2. The van der Waals surface area contributed by atoms with Gasteiger partial charge in [0.25, 0.3) is 0 Å². The van der Waals surface area contributed by atoms with Crippen molar-refractivity contribution in [1.29, 1.82) is 0 Å². The Morgan fingerprint density at radius 3 is 2.19 bits per heavy atom. The molecule has 1 N–H and O–H groups in total. The molecule has 0 radical (unpaired) electrons. The maximum atomic E-state index is 11.6. The van der Waals surface area contributed by atoms with E-state index in [1.807, 2.05) is 0 Å². The Bertz CT molecular complexity index is 613. The first-order valence-corrected chi connectivity index (χ1v) is 13.1. The van der Waals surface area contributed by atoms with Gasteiger partial charge in [-0.2, -0.15) is 0 Å². The molecule has 0 aliphatic heterocycles. The summed E-state index contributed by atoms with van der Waals surface area (Å²) in [6.07, 6.45) is 24.8. The van der Waals surface area contributed by atoms with E-state index in [2.05, 4.69) is 49.4 Å². The van der Waals surface area contributed by atoms with Gasteiger partial charge in [0.1, 0.15) is 0 Å². The summed E-state index contributed by atoms with van der Waals surface area (Å²) in [6, 6.07) is 10.9. The van der Waals surface area contributed by atoms with Crippen molar-refractivity contribution in [2.45, 2.75) is 121 Å². The Labute approximate surface area is 191 Å². The fourth-order valence-electron chi connectivity index (χ4n) is 5.50. The molecule has 2 nitrogen and oxygen atoms in total. The van der Waals surface area contributed by atoms with Gasteiger partial charge in [-0.15, -0.1) is 0 Å². The predicted molar refractivity (Wildman–Crippen MR) is 133 cm³/mol. The smallest absolute Gasteiger partial charge is 0.303 e. The van der Waals surface area contributed by atoms with Gasteiger partial charge in [-0.05, 0) is 68.3 Å². The number of benzene rings is 1. The molecule has 1 aliphatic rings. The normalized spacial score (nSPS) is 17.1. The fraction of sp³-hybridized carbons (Fsp3) is 0.690. The predicted octanol–water partition coefficient (Wildman–Crippen LogP) is 8.85. The van der Waals surface area contributed by atoms with E-state index in [9.17, 15) is 9.90 Å². The zero-order valence-electron chi connectivity index (χ0n) is 20.0. The lowest BCUT2D eigenvalue weighted by atomic mass is 9.64. The van der Waals surface area contributed by atoms with Gasteiger partial charge in [0, 0.05) is 6.42 Å². The van der Waals surface area contributed by atoms with E-state index in [1.54, 1.807) is 0 Å². The topological polar surface area (TPSA) is 37.3 Å². The third kappa shape index (κ3) is 10.1. The Balaban J connectivity index is 1.79. The first-order chi connectivity index (χ1) is 15.2. The summed E-state index contributed by atoms with van der Waals surface area (Å²) in [6.45, 7) is 2.26. The first-order valence-electron chi connectivity index (χ1n) is 13.1. The van der Waals surface area contributed by atoms with Crippen LogP contribution in [0.25, 0.3) is 0 Å². The lowest BCUT2D eigenvalue weighted by molar-refractivity contribution is -0.138. The van der Waals surface area contributed by atoms with Gasteiger partial charge in [-0.1, -0.05) is 101 Å². The molecule has 1 fully saturated rings. The van der Waals surface area contributed by atoms with Crippen LogP contribution in [0.4, 0.5) is 0 Å². The van der Waals surface area contributed by atoms with Crippen molar-refractivity contribution in [1.82, 2.24) is 0 Å². The van der Waals surface area contributed by atoms with E-state index in [1.165, 1.54) is 89.0 Å². The number of unbranched alkanes of at least 4 members (excludes halogenated alkanes) is 7. The largest absolute Gasteiger partial charge is 0.481 e. The Kier molecular flexibility index (Phi) is 12.7. The maximum Gasteiger partial charge on any atom is 0.303 e. The number of carboxylic acid groups (broad SMARTS) is 1. The molecule has 1 saturated carbocycles. The Morgan fingerprint density at radius 1 is 0.935 bits per heavy atom. The molecular weight excluding hydrogens is 380 g/mol. The molecule has 0 unspecified atom stereocenters. The Hall–Kier alpha value is -1.57. The molecule has 0 aromatic heterocycles. The summed E-state index contributed by atoms with van der Waals surface area (Å²) in [4.78, 5) is 11.6. The maximum absolute atomic E-state index is 11.6. The summed E-state index contributed by atoms with van der Waals surface area (Å²) < 4.78 is 0. The molecule has 0 amide bonds. The molecule has 31 heavy (non-hydrogen) atoms. The molecule has 1 aromatic carbocycles. The van der Waals surface area contributed by atoms with Gasteiger partial charge in [-0.3, -0.25) is 4.79 Å². The van der Waals surface area contributed by atoms with Gasteiger partial charge < -0.3 is 5.11 Å². The molecule has 0 heterocycles. The zero-order chi connectivity index (χ0) is 22.2. The summed E-state index contributed by atoms with van der Waals surface area (Å²) >= 11 is 0. The molecule has 0 bridgehead atoms. The molecule has 1 aliphatic carbocycles. The second-order valence-corrected chi connectivity index (χ2v) is 9.83. The first kappa shape index (κ1) is 25.7. The molecule has 1 aromatic rings.